The Kier molecular flexibility index (Phi) is 9.16. The number of ether oxygens (including phenoxy) is 1. The first kappa shape index (κ1) is 22.0. The van der Waals surface area contributed by atoms with Crippen LogP contribution in [0.25, 0.3) is 0 Å². The Bertz CT molecular complexity index is 538. The highest BCUT2D eigenvalue weighted by molar-refractivity contribution is 5.85. The lowest BCUT2D eigenvalue weighted by molar-refractivity contribution is -0.274. The maximum absolute atomic E-state index is 12.0. The van der Waals surface area contributed by atoms with Crippen LogP contribution in [0.3, 0.4) is 0 Å². The van der Waals surface area contributed by atoms with Gasteiger partial charge in [0.1, 0.15) is 5.75 Å². The molecule has 0 radical (unpaired) electrons. The molecule has 10 heteroatoms. The predicted molar refractivity (Wildman–Crippen MR) is 82.0 cm³/mol. The monoisotopic (exact) mass is 370 g/mol. The molecule has 0 aliphatic heterocycles. The summed E-state index contributed by atoms with van der Waals surface area (Å²) in [6, 6.07) is 5.15. The molecule has 0 bridgehead atoms. The number of benzene rings is 1. The molecular weight excluding hydrogens is 353 g/mol. The zero-order valence-corrected chi connectivity index (χ0v) is 13.6. The summed E-state index contributed by atoms with van der Waals surface area (Å²) < 4.78 is 39.8. The number of rotatable bonds is 8. The van der Waals surface area contributed by atoms with Crippen LogP contribution < -0.4 is 10.1 Å². The van der Waals surface area contributed by atoms with Crippen molar-refractivity contribution < 1.29 is 32.6 Å². The van der Waals surface area contributed by atoms with E-state index in [9.17, 15) is 22.8 Å². The molecule has 0 aliphatic rings. The third-order valence-corrected chi connectivity index (χ3v) is 2.77. The van der Waals surface area contributed by atoms with E-state index in [0.29, 0.717) is 5.56 Å². The molecule has 0 aliphatic carbocycles. The molecule has 1 aromatic rings. The molecule has 1 aromatic carbocycles. The molecule has 2 N–H and O–H groups in total. The second-order valence-corrected chi connectivity index (χ2v) is 4.85. The fourth-order valence-electron chi connectivity index (χ4n) is 1.68. The fraction of sp³-hybridized carbons (Fsp3) is 0.429. The molecule has 0 spiro atoms. The molecule has 136 valence electrons. The normalized spacial score (nSPS) is 10.9. The fourth-order valence-corrected chi connectivity index (χ4v) is 1.68. The van der Waals surface area contributed by atoms with Crippen molar-refractivity contribution in [2.45, 2.75) is 19.3 Å². The molecule has 1 rings (SSSR count). The molecule has 0 fully saturated rings. The Labute approximate surface area is 143 Å². The summed E-state index contributed by atoms with van der Waals surface area (Å²) in [6.07, 6.45) is -4.80. The van der Waals surface area contributed by atoms with E-state index in [0.717, 1.165) is 12.1 Å². The van der Waals surface area contributed by atoms with Gasteiger partial charge < -0.3 is 15.2 Å². The molecule has 0 unspecified atom stereocenters. The average Bonchev–Trinajstić information content (AvgIpc) is 2.43. The lowest BCUT2D eigenvalue weighted by atomic mass is 10.2. The number of carboxylic acid groups (broad SMARTS) is 1. The van der Waals surface area contributed by atoms with Crippen LogP contribution in [0.15, 0.2) is 24.3 Å². The summed E-state index contributed by atoms with van der Waals surface area (Å²) in [7, 11) is 1.62. The first-order valence-electron chi connectivity index (χ1n) is 6.67. The van der Waals surface area contributed by atoms with Gasteiger partial charge in [-0.15, -0.1) is 25.6 Å². The zero-order chi connectivity index (χ0) is 17.5. The summed E-state index contributed by atoms with van der Waals surface area (Å²) in [4.78, 5) is 23.6. The van der Waals surface area contributed by atoms with E-state index in [2.05, 4.69) is 10.1 Å². The molecular formula is C14H18ClF3N2O4. The third-order valence-electron chi connectivity index (χ3n) is 2.77. The molecule has 0 heterocycles. The number of aliphatic carboxylic acids is 1. The number of alkyl halides is 3. The van der Waals surface area contributed by atoms with Gasteiger partial charge in [0.25, 0.3) is 0 Å². The van der Waals surface area contributed by atoms with E-state index < -0.39 is 12.3 Å². The lowest BCUT2D eigenvalue weighted by Gasteiger charge is -2.15. The number of carbonyl (C=O) groups is 2. The van der Waals surface area contributed by atoms with Crippen LogP contribution >= 0.6 is 12.4 Å². The molecule has 0 saturated carbocycles. The molecule has 0 saturated heterocycles. The predicted octanol–water partition coefficient (Wildman–Crippen LogP) is 2.03. The number of nitrogens with zero attached hydrogens (tertiary/aromatic N) is 1. The van der Waals surface area contributed by atoms with E-state index in [1.54, 1.807) is 11.9 Å². The number of carbonyl (C=O) groups excluding carboxylic acids is 1. The topological polar surface area (TPSA) is 78.9 Å². The van der Waals surface area contributed by atoms with Gasteiger partial charge in [-0.05, 0) is 24.7 Å². The van der Waals surface area contributed by atoms with E-state index in [1.165, 1.54) is 12.1 Å². The van der Waals surface area contributed by atoms with Crippen molar-refractivity contribution in [3.05, 3.63) is 29.8 Å². The van der Waals surface area contributed by atoms with Crippen LogP contribution in [0.4, 0.5) is 13.2 Å². The maximum atomic E-state index is 12.0. The summed E-state index contributed by atoms with van der Waals surface area (Å²) in [5.74, 6) is -1.59. The van der Waals surface area contributed by atoms with E-state index in [-0.39, 0.29) is 50.1 Å². The van der Waals surface area contributed by atoms with Gasteiger partial charge in [0.15, 0.2) is 0 Å². The smallest absolute Gasteiger partial charge is 0.481 e. The van der Waals surface area contributed by atoms with E-state index in [1.807, 2.05) is 0 Å². The molecule has 6 nitrogen and oxygen atoms in total. The second kappa shape index (κ2) is 9.99. The van der Waals surface area contributed by atoms with Crippen molar-refractivity contribution in [3.63, 3.8) is 0 Å². The minimum atomic E-state index is -4.74. The standard InChI is InChI=1S/C14H17F3N2O4.ClH/c1-19(7-6-13(21)22)9-12(20)18-8-10-2-4-11(5-3-10)23-14(15,16)17;/h2-5H,6-9H2,1H3,(H,18,20)(H,21,22);1H. The van der Waals surface area contributed by atoms with Gasteiger partial charge in [0.2, 0.25) is 5.91 Å². The van der Waals surface area contributed by atoms with Crippen molar-refractivity contribution in [2.24, 2.45) is 0 Å². The van der Waals surface area contributed by atoms with Crippen molar-refractivity contribution in [1.29, 1.82) is 0 Å². The maximum Gasteiger partial charge on any atom is 0.573 e. The van der Waals surface area contributed by atoms with Crippen molar-refractivity contribution in [1.82, 2.24) is 10.2 Å². The highest BCUT2D eigenvalue weighted by Crippen LogP contribution is 2.22. The minimum absolute atomic E-state index is 0. The highest BCUT2D eigenvalue weighted by atomic mass is 35.5. The molecule has 24 heavy (non-hydrogen) atoms. The summed E-state index contributed by atoms with van der Waals surface area (Å²) in [5, 5.41) is 11.1. The SMILES string of the molecule is CN(CCC(=O)O)CC(=O)NCc1ccc(OC(F)(F)F)cc1.Cl. The lowest BCUT2D eigenvalue weighted by Crippen LogP contribution is -2.35. The first-order chi connectivity index (χ1) is 10.7. The van der Waals surface area contributed by atoms with Crippen LogP contribution in [0.1, 0.15) is 12.0 Å². The Morgan fingerprint density at radius 2 is 1.83 bits per heavy atom. The minimum Gasteiger partial charge on any atom is -0.481 e. The van der Waals surface area contributed by atoms with Gasteiger partial charge in [0, 0.05) is 13.1 Å². The van der Waals surface area contributed by atoms with Gasteiger partial charge in [-0.2, -0.15) is 0 Å². The summed E-state index contributed by atoms with van der Waals surface area (Å²) in [6.45, 7) is 0.423. The Morgan fingerprint density at radius 1 is 1.25 bits per heavy atom. The first-order valence-corrected chi connectivity index (χ1v) is 6.67. The van der Waals surface area contributed by atoms with Gasteiger partial charge in [0.05, 0.1) is 13.0 Å². The van der Waals surface area contributed by atoms with Crippen molar-refractivity contribution >= 4 is 24.3 Å². The number of amides is 1. The van der Waals surface area contributed by atoms with Crippen LogP contribution in [-0.4, -0.2) is 48.4 Å². The Balaban J connectivity index is 0.00000529. The summed E-state index contributed by atoms with van der Waals surface area (Å²) >= 11 is 0. The number of halogens is 4. The van der Waals surface area contributed by atoms with Gasteiger partial charge in [-0.25, -0.2) is 0 Å². The largest absolute Gasteiger partial charge is 0.573 e. The molecule has 0 atom stereocenters. The number of nitrogens with one attached hydrogen (secondary N) is 1. The highest BCUT2D eigenvalue weighted by Gasteiger charge is 2.30. The second-order valence-electron chi connectivity index (χ2n) is 4.85. The van der Waals surface area contributed by atoms with Crippen molar-refractivity contribution in [3.8, 4) is 5.75 Å². The summed E-state index contributed by atoms with van der Waals surface area (Å²) in [5.41, 5.74) is 0.612. The van der Waals surface area contributed by atoms with Gasteiger partial charge in [-0.1, -0.05) is 12.1 Å². The number of carboxylic acids is 1. The van der Waals surface area contributed by atoms with Crippen LogP contribution in [0.2, 0.25) is 0 Å². The van der Waals surface area contributed by atoms with E-state index in [4.69, 9.17) is 5.11 Å². The Morgan fingerprint density at radius 3 is 2.33 bits per heavy atom. The third kappa shape index (κ3) is 9.90. The van der Waals surface area contributed by atoms with Crippen molar-refractivity contribution in [2.75, 3.05) is 20.1 Å². The van der Waals surface area contributed by atoms with Gasteiger partial charge in [-0.3, -0.25) is 14.5 Å². The quantitative estimate of drug-likeness (QED) is 0.732. The number of likely N-dealkylation sites (N-methyl/N-ethyl adjacent to an activating group) is 1. The van der Waals surface area contributed by atoms with Crippen LogP contribution in [0, 0.1) is 0 Å². The zero-order valence-electron chi connectivity index (χ0n) is 12.8. The molecule has 1 amide bonds. The van der Waals surface area contributed by atoms with Gasteiger partial charge >= 0.3 is 12.3 Å². The van der Waals surface area contributed by atoms with E-state index >= 15 is 0 Å². The molecule has 0 aromatic heterocycles. The number of hydrogen-bond donors (Lipinski definition) is 2. The van der Waals surface area contributed by atoms with Crippen LogP contribution in [-0.2, 0) is 16.1 Å². The van der Waals surface area contributed by atoms with Crippen LogP contribution in [0.5, 0.6) is 5.75 Å². The Hall–Kier alpha value is -2.00. The number of hydrogen-bond acceptors (Lipinski definition) is 4. The average molecular weight is 371 g/mol.